The molecular formula is C19H18ClN3O3. The Balaban J connectivity index is 1.38. The maximum Gasteiger partial charge on any atom is 0.289 e. The van der Waals surface area contributed by atoms with E-state index in [1.807, 2.05) is 24.4 Å². The number of rotatable bonds is 3. The van der Waals surface area contributed by atoms with Gasteiger partial charge in [0.25, 0.3) is 5.91 Å². The first-order valence-electron chi connectivity index (χ1n) is 8.48. The van der Waals surface area contributed by atoms with Crippen LogP contribution >= 0.6 is 11.6 Å². The Morgan fingerprint density at radius 2 is 1.88 bits per heavy atom. The zero-order chi connectivity index (χ0) is 18.1. The minimum absolute atomic E-state index is 0.0611. The Bertz CT molecular complexity index is 940. The van der Waals surface area contributed by atoms with Crippen molar-refractivity contribution in [1.29, 1.82) is 0 Å². The molecule has 134 valence electrons. The number of amides is 2. The van der Waals surface area contributed by atoms with Gasteiger partial charge in [-0.2, -0.15) is 0 Å². The van der Waals surface area contributed by atoms with E-state index >= 15 is 0 Å². The van der Waals surface area contributed by atoms with Gasteiger partial charge in [0, 0.05) is 48.3 Å². The smallest absolute Gasteiger partial charge is 0.289 e. The van der Waals surface area contributed by atoms with Crippen LogP contribution in [0.4, 0.5) is 0 Å². The van der Waals surface area contributed by atoms with Crippen LogP contribution in [0.5, 0.6) is 0 Å². The summed E-state index contributed by atoms with van der Waals surface area (Å²) in [6.45, 7) is 2.07. The first-order valence-corrected chi connectivity index (χ1v) is 8.85. The Morgan fingerprint density at radius 1 is 1.12 bits per heavy atom. The van der Waals surface area contributed by atoms with E-state index in [1.165, 1.54) is 6.26 Å². The number of piperazine rings is 1. The van der Waals surface area contributed by atoms with E-state index in [-0.39, 0.29) is 11.8 Å². The van der Waals surface area contributed by atoms with Crippen LogP contribution < -0.4 is 0 Å². The number of benzene rings is 1. The average molecular weight is 372 g/mol. The maximum absolute atomic E-state index is 12.6. The number of hydrogen-bond acceptors (Lipinski definition) is 3. The van der Waals surface area contributed by atoms with E-state index in [4.69, 9.17) is 16.0 Å². The highest BCUT2D eigenvalue weighted by molar-refractivity contribution is 6.31. The molecule has 0 atom stereocenters. The monoisotopic (exact) mass is 371 g/mol. The van der Waals surface area contributed by atoms with Gasteiger partial charge in [-0.05, 0) is 29.8 Å². The molecule has 1 aliphatic heterocycles. The molecule has 0 radical (unpaired) electrons. The molecule has 1 aromatic carbocycles. The van der Waals surface area contributed by atoms with Crippen molar-refractivity contribution in [1.82, 2.24) is 14.8 Å². The summed E-state index contributed by atoms with van der Waals surface area (Å²) in [5.74, 6) is 0.267. The van der Waals surface area contributed by atoms with Crippen molar-refractivity contribution in [2.24, 2.45) is 0 Å². The highest BCUT2D eigenvalue weighted by Crippen LogP contribution is 2.23. The van der Waals surface area contributed by atoms with E-state index in [0.717, 1.165) is 16.5 Å². The van der Waals surface area contributed by atoms with Gasteiger partial charge >= 0.3 is 0 Å². The highest BCUT2D eigenvalue weighted by Gasteiger charge is 2.26. The summed E-state index contributed by atoms with van der Waals surface area (Å²) in [6, 6.07) is 8.95. The second-order valence-corrected chi connectivity index (χ2v) is 6.77. The molecule has 4 rings (SSSR count). The van der Waals surface area contributed by atoms with Gasteiger partial charge in [0.05, 0.1) is 12.7 Å². The summed E-state index contributed by atoms with van der Waals surface area (Å²) in [5.41, 5.74) is 1.88. The molecule has 2 aromatic heterocycles. The number of hydrogen-bond donors (Lipinski definition) is 1. The third kappa shape index (κ3) is 3.20. The van der Waals surface area contributed by atoms with Gasteiger partial charge < -0.3 is 19.2 Å². The lowest BCUT2D eigenvalue weighted by molar-refractivity contribution is -0.131. The number of carbonyl (C=O) groups is 2. The molecule has 1 N–H and O–H groups in total. The molecule has 0 spiro atoms. The number of carbonyl (C=O) groups excluding carboxylic acids is 2. The van der Waals surface area contributed by atoms with E-state index in [9.17, 15) is 9.59 Å². The van der Waals surface area contributed by atoms with E-state index < -0.39 is 0 Å². The maximum atomic E-state index is 12.6. The van der Waals surface area contributed by atoms with Crippen LogP contribution in [0.25, 0.3) is 10.9 Å². The number of furan rings is 1. The third-order valence-corrected chi connectivity index (χ3v) is 4.96. The second kappa shape index (κ2) is 6.88. The molecule has 7 heteroatoms. The highest BCUT2D eigenvalue weighted by atomic mass is 35.5. The van der Waals surface area contributed by atoms with Gasteiger partial charge in [0.15, 0.2) is 5.76 Å². The van der Waals surface area contributed by atoms with E-state index in [0.29, 0.717) is 43.4 Å². The van der Waals surface area contributed by atoms with Crippen molar-refractivity contribution >= 4 is 34.3 Å². The number of aromatic nitrogens is 1. The van der Waals surface area contributed by atoms with Crippen molar-refractivity contribution in [2.45, 2.75) is 6.42 Å². The number of fused-ring (bicyclic) bond motifs is 1. The minimum atomic E-state index is -0.129. The quantitative estimate of drug-likeness (QED) is 0.769. The Hall–Kier alpha value is -2.73. The molecule has 3 heterocycles. The normalized spacial score (nSPS) is 14.8. The number of nitrogens with zero attached hydrogens (tertiary/aromatic N) is 2. The summed E-state index contributed by atoms with van der Waals surface area (Å²) in [6.07, 6.45) is 3.67. The molecule has 3 aromatic rings. The SMILES string of the molecule is O=C(Cc1c[nH]c2cc(Cl)ccc12)N1CCN(C(=O)c2ccco2)CC1. The van der Waals surface area contributed by atoms with Crippen LogP contribution in [-0.4, -0.2) is 52.8 Å². The molecule has 1 fully saturated rings. The fraction of sp³-hybridized carbons (Fsp3) is 0.263. The van der Waals surface area contributed by atoms with Crippen LogP contribution in [0, 0.1) is 0 Å². The molecule has 0 aliphatic carbocycles. The number of aromatic amines is 1. The largest absolute Gasteiger partial charge is 0.459 e. The summed E-state index contributed by atoms with van der Waals surface area (Å²) < 4.78 is 5.16. The standard InChI is InChI=1S/C19H18ClN3O3/c20-14-3-4-15-13(12-21-16(15)11-14)10-18(24)22-5-7-23(8-6-22)19(25)17-2-1-9-26-17/h1-4,9,11-12,21H,5-8,10H2. The molecule has 0 saturated carbocycles. The van der Waals surface area contributed by atoms with Crippen molar-refractivity contribution < 1.29 is 14.0 Å². The Kier molecular flexibility index (Phi) is 4.42. The van der Waals surface area contributed by atoms with E-state index in [1.54, 1.807) is 21.9 Å². The van der Waals surface area contributed by atoms with E-state index in [2.05, 4.69) is 4.98 Å². The third-order valence-electron chi connectivity index (χ3n) is 4.72. The van der Waals surface area contributed by atoms with Crippen molar-refractivity contribution in [3.8, 4) is 0 Å². The molecule has 2 amide bonds. The molecule has 6 nitrogen and oxygen atoms in total. The van der Waals surface area contributed by atoms with Crippen LogP contribution in [0.1, 0.15) is 16.1 Å². The van der Waals surface area contributed by atoms with Crippen molar-refractivity contribution in [3.63, 3.8) is 0 Å². The molecular weight excluding hydrogens is 354 g/mol. The minimum Gasteiger partial charge on any atom is -0.459 e. The Morgan fingerprint density at radius 3 is 2.62 bits per heavy atom. The zero-order valence-electron chi connectivity index (χ0n) is 14.1. The first-order chi connectivity index (χ1) is 12.6. The molecule has 0 unspecified atom stereocenters. The van der Waals surface area contributed by atoms with Crippen LogP contribution in [0.3, 0.4) is 0 Å². The average Bonchev–Trinajstić information content (AvgIpc) is 3.31. The van der Waals surface area contributed by atoms with Gasteiger partial charge in [-0.3, -0.25) is 9.59 Å². The molecule has 1 aliphatic rings. The fourth-order valence-corrected chi connectivity index (χ4v) is 3.47. The van der Waals surface area contributed by atoms with Crippen LogP contribution in [0.2, 0.25) is 5.02 Å². The molecule has 26 heavy (non-hydrogen) atoms. The van der Waals surface area contributed by atoms with Crippen LogP contribution in [0.15, 0.2) is 47.2 Å². The lowest BCUT2D eigenvalue weighted by Gasteiger charge is -2.34. The summed E-state index contributed by atoms with van der Waals surface area (Å²) in [5, 5.41) is 1.67. The lowest BCUT2D eigenvalue weighted by Crippen LogP contribution is -2.50. The van der Waals surface area contributed by atoms with Gasteiger partial charge in [-0.25, -0.2) is 0 Å². The fourth-order valence-electron chi connectivity index (χ4n) is 3.29. The number of halogens is 1. The predicted octanol–water partition coefficient (Wildman–Crippen LogP) is 2.94. The number of nitrogens with one attached hydrogen (secondary N) is 1. The van der Waals surface area contributed by atoms with Gasteiger partial charge in [-0.1, -0.05) is 17.7 Å². The summed E-state index contributed by atoms with van der Waals surface area (Å²) >= 11 is 6.00. The van der Waals surface area contributed by atoms with Crippen molar-refractivity contribution in [3.05, 3.63) is 59.1 Å². The topological polar surface area (TPSA) is 69.6 Å². The van der Waals surface area contributed by atoms with Gasteiger partial charge in [0.1, 0.15) is 0 Å². The lowest BCUT2D eigenvalue weighted by atomic mass is 10.1. The Labute approximate surface area is 155 Å². The molecule has 0 bridgehead atoms. The van der Waals surface area contributed by atoms with Crippen molar-refractivity contribution in [2.75, 3.05) is 26.2 Å². The predicted molar refractivity (Wildman–Crippen MR) is 98.2 cm³/mol. The summed E-state index contributed by atoms with van der Waals surface area (Å²) in [4.78, 5) is 31.6. The first kappa shape index (κ1) is 16.7. The van der Waals surface area contributed by atoms with Gasteiger partial charge in [-0.15, -0.1) is 0 Å². The van der Waals surface area contributed by atoms with Gasteiger partial charge in [0.2, 0.25) is 5.91 Å². The summed E-state index contributed by atoms with van der Waals surface area (Å²) in [7, 11) is 0. The number of H-pyrrole nitrogens is 1. The van der Waals surface area contributed by atoms with Crippen LogP contribution in [-0.2, 0) is 11.2 Å². The zero-order valence-corrected chi connectivity index (χ0v) is 14.8. The molecule has 1 saturated heterocycles. The second-order valence-electron chi connectivity index (χ2n) is 6.33.